The Balaban J connectivity index is 2.10. The Bertz CT molecular complexity index is 796. The van der Waals surface area contributed by atoms with E-state index in [-0.39, 0.29) is 22.9 Å². The zero-order valence-corrected chi connectivity index (χ0v) is 15.8. The first kappa shape index (κ1) is 17.9. The van der Waals surface area contributed by atoms with E-state index in [0.29, 0.717) is 5.69 Å². The predicted molar refractivity (Wildman–Crippen MR) is 93.6 cm³/mol. The van der Waals surface area contributed by atoms with Crippen molar-refractivity contribution in [3.05, 3.63) is 39.3 Å². The fourth-order valence-corrected chi connectivity index (χ4v) is 3.79. The number of benzene rings is 1. The Kier molecular flexibility index (Phi) is 5.42. The summed E-state index contributed by atoms with van der Waals surface area (Å²) < 4.78 is 31.9. The molecule has 1 heterocycles. The molecule has 1 N–H and O–H groups in total. The summed E-state index contributed by atoms with van der Waals surface area (Å²) in [6, 6.07) is 7.20. The number of hydrogen-bond acceptors (Lipinski definition) is 5. The number of sulfonamides is 1. The van der Waals surface area contributed by atoms with Crippen molar-refractivity contribution in [2.45, 2.75) is 18.7 Å². The Labute approximate surface area is 148 Å². The van der Waals surface area contributed by atoms with Gasteiger partial charge in [0.2, 0.25) is 15.9 Å². The van der Waals surface area contributed by atoms with Gasteiger partial charge in [0.25, 0.3) is 0 Å². The minimum absolute atomic E-state index is 0.00191. The van der Waals surface area contributed by atoms with E-state index in [4.69, 9.17) is 4.52 Å². The third-order valence-electron chi connectivity index (χ3n) is 3.13. The maximum atomic E-state index is 12.5. The van der Waals surface area contributed by atoms with E-state index in [9.17, 15) is 13.2 Å². The monoisotopic (exact) mass is 449 g/mol. The Morgan fingerprint density at radius 3 is 2.43 bits per heavy atom. The van der Waals surface area contributed by atoms with Crippen LogP contribution in [0.5, 0.6) is 0 Å². The second-order valence-electron chi connectivity index (χ2n) is 4.97. The molecule has 0 radical (unpaired) electrons. The highest BCUT2D eigenvalue weighted by atomic mass is 127. The molecule has 0 aliphatic heterocycles. The highest BCUT2D eigenvalue weighted by Gasteiger charge is 2.29. The van der Waals surface area contributed by atoms with Gasteiger partial charge in [0.1, 0.15) is 10.6 Å². The molecule has 0 atom stereocenters. The van der Waals surface area contributed by atoms with Crippen molar-refractivity contribution < 1.29 is 17.7 Å². The molecule has 7 nitrogen and oxygen atoms in total. The number of halogens is 1. The van der Waals surface area contributed by atoms with Crippen molar-refractivity contribution in [1.82, 2.24) is 9.46 Å². The smallest absolute Gasteiger partial charge is 0.248 e. The van der Waals surface area contributed by atoms with Crippen LogP contribution in [0.1, 0.15) is 11.5 Å². The van der Waals surface area contributed by atoms with Gasteiger partial charge in [-0.1, -0.05) is 5.16 Å². The minimum atomic E-state index is -3.84. The number of nitrogens with one attached hydrogen (secondary N) is 1. The van der Waals surface area contributed by atoms with E-state index in [1.807, 2.05) is 12.1 Å². The van der Waals surface area contributed by atoms with Crippen LogP contribution in [0.25, 0.3) is 0 Å². The highest BCUT2D eigenvalue weighted by molar-refractivity contribution is 14.1. The minimum Gasteiger partial charge on any atom is -0.360 e. The first-order valence-corrected chi connectivity index (χ1v) is 9.18. The number of likely N-dealkylation sites (N-methyl/N-ethyl adjacent to an activating group) is 1. The van der Waals surface area contributed by atoms with E-state index in [1.165, 1.54) is 14.0 Å². The molecule has 1 amide bonds. The molecule has 0 aliphatic rings. The second kappa shape index (κ2) is 6.97. The van der Waals surface area contributed by atoms with Crippen molar-refractivity contribution in [1.29, 1.82) is 0 Å². The highest BCUT2D eigenvalue weighted by Crippen LogP contribution is 2.22. The van der Waals surface area contributed by atoms with Gasteiger partial charge >= 0.3 is 0 Å². The average molecular weight is 449 g/mol. The molecule has 0 saturated carbocycles. The van der Waals surface area contributed by atoms with Gasteiger partial charge in [-0.05, 0) is 60.7 Å². The number of aryl methyl sites for hydroxylation is 2. The number of amides is 1. The molecule has 0 spiro atoms. The van der Waals surface area contributed by atoms with E-state index in [1.54, 1.807) is 19.1 Å². The Hall–Kier alpha value is -1.46. The van der Waals surface area contributed by atoms with Crippen LogP contribution in [-0.4, -0.2) is 37.4 Å². The van der Waals surface area contributed by atoms with Crippen molar-refractivity contribution >= 4 is 44.2 Å². The molecular formula is C14H16IN3O4S. The molecule has 0 aliphatic carbocycles. The lowest BCUT2D eigenvalue weighted by molar-refractivity contribution is -0.116. The molecule has 0 saturated heterocycles. The van der Waals surface area contributed by atoms with Crippen LogP contribution >= 0.6 is 22.6 Å². The van der Waals surface area contributed by atoms with Gasteiger partial charge < -0.3 is 9.84 Å². The molecule has 0 fully saturated rings. The summed E-state index contributed by atoms with van der Waals surface area (Å²) in [7, 11) is -2.49. The van der Waals surface area contributed by atoms with Crippen LogP contribution in [0, 0.1) is 17.4 Å². The van der Waals surface area contributed by atoms with Crippen molar-refractivity contribution in [3.63, 3.8) is 0 Å². The maximum Gasteiger partial charge on any atom is 0.248 e. The van der Waals surface area contributed by atoms with Gasteiger partial charge in [0, 0.05) is 16.3 Å². The predicted octanol–water partition coefficient (Wildman–Crippen LogP) is 2.16. The lowest BCUT2D eigenvalue weighted by atomic mass is 10.3. The number of hydrogen-bond donors (Lipinski definition) is 1. The Morgan fingerprint density at radius 1 is 1.30 bits per heavy atom. The van der Waals surface area contributed by atoms with Gasteiger partial charge in [-0.2, -0.15) is 4.31 Å². The van der Waals surface area contributed by atoms with Crippen molar-refractivity contribution in [3.8, 4) is 0 Å². The topological polar surface area (TPSA) is 92.5 Å². The van der Waals surface area contributed by atoms with Gasteiger partial charge in [-0.3, -0.25) is 4.79 Å². The van der Waals surface area contributed by atoms with Crippen LogP contribution in [0.3, 0.4) is 0 Å². The fraction of sp³-hybridized carbons (Fsp3) is 0.286. The summed E-state index contributed by atoms with van der Waals surface area (Å²) in [6.45, 7) is 2.76. The number of nitrogens with zero attached hydrogens (tertiary/aromatic N) is 2. The van der Waals surface area contributed by atoms with Crippen LogP contribution in [0.4, 0.5) is 5.69 Å². The molecule has 1 aromatic heterocycles. The number of carbonyl (C=O) groups excluding carboxylic acids is 1. The van der Waals surface area contributed by atoms with Gasteiger partial charge in [0.15, 0.2) is 5.76 Å². The first-order valence-electron chi connectivity index (χ1n) is 6.66. The summed E-state index contributed by atoms with van der Waals surface area (Å²) in [5.74, 6) is -0.226. The van der Waals surface area contributed by atoms with Crippen molar-refractivity contribution in [2.24, 2.45) is 0 Å². The van der Waals surface area contributed by atoms with E-state index in [2.05, 4.69) is 33.1 Å². The summed E-state index contributed by atoms with van der Waals surface area (Å²) in [5, 5.41) is 6.30. The Morgan fingerprint density at radius 2 is 1.91 bits per heavy atom. The quantitative estimate of drug-likeness (QED) is 0.707. The van der Waals surface area contributed by atoms with E-state index >= 15 is 0 Å². The van der Waals surface area contributed by atoms with E-state index < -0.39 is 15.9 Å². The molecule has 9 heteroatoms. The second-order valence-corrected chi connectivity index (χ2v) is 8.20. The van der Waals surface area contributed by atoms with Crippen molar-refractivity contribution in [2.75, 3.05) is 18.9 Å². The van der Waals surface area contributed by atoms with Crippen LogP contribution < -0.4 is 5.32 Å². The molecule has 2 aromatic rings. The summed E-state index contributed by atoms with van der Waals surface area (Å²) in [6.07, 6.45) is 0. The standard InChI is InChI=1S/C14H16IN3O4S/c1-9-14(10(2)22-17-9)23(20,21)18(3)8-13(19)16-12-6-4-11(15)5-7-12/h4-7H,8H2,1-3H3,(H,16,19). The van der Waals surface area contributed by atoms with Crippen LogP contribution in [-0.2, 0) is 14.8 Å². The first-order chi connectivity index (χ1) is 10.7. The van der Waals surface area contributed by atoms with Gasteiger partial charge in [0.05, 0.1) is 6.54 Å². The fourth-order valence-electron chi connectivity index (χ4n) is 2.02. The normalized spacial score (nSPS) is 11.7. The van der Waals surface area contributed by atoms with Crippen LogP contribution in [0.2, 0.25) is 0 Å². The zero-order valence-electron chi connectivity index (χ0n) is 12.8. The van der Waals surface area contributed by atoms with Gasteiger partial charge in [-0.25, -0.2) is 8.42 Å². The average Bonchev–Trinajstić information content (AvgIpc) is 2.81. The molecule has 1 aromatic carbocycles. The number of anilines is 1. The SMILES string of the molecule is Cc1noc(C)c1S(=O)(=O)N(C)CC(=O)Nc1ccc(I)cc1. The zero-order chi connectivity index (χ0) is 17.2. The summed E-state index contributed by atoms with van der Waals surface area (Å²) in [4.78, 5) is 12.0. The van der Waals surface area contributed by atoms with E-state index in [0.717, 1.165) is 7.88 Å². The third kappa shape index (κ3) is 4.09. The number of aromatic nitrogens is 1. The lowest BCUT2D eigenvalue weighted by Crippen LogP contribution is -2.35. The molecule has 23 heavy (non-hydrogen) atoms. The lowest BCUT2D eigenvalue weighted by Gasteiger charge is -2.16. The van der Waals surface area contributed by atoms with Gasteiger partial charge in [-0.15, -0.1) is 0 Å². The molecule has 0 bridgehead atoms. The molecule has 2 rings (SSSR count). The summed E-state index contributed by atoms with van der Waals surface area (Å²) in [5.41, 5.74) is 0.881. The largest absolute Gasteiger partial charge is 0.360 e. The number of rotatable bonds is 5. The maximum absolute atomic E-state index is 12.5. The molecular weight excluding hydrogens is 433 g/mol. The third-order valence-corrected chi connectivity index (χ3v) is 5.90. The number of carbonyl (C=O) groups is 1. The molecule has 124 valence electrons. The molecule has 0 unspecified atom stereocenters. The summed E-state index contributed by atoms with van der Waals surface area (Å²) >= 11 is 2.16. The van der Waals surface area contributed by atoms with Crippen LogP contribution in [0.15, 0.2) is 33.7 Å².